The summed E-state index contributed by atoms with van der Waals surface area (Å²) in [6, 6.07) is 0. The Kier molecular flexibility index (Phi) is 51.5. The number of unbranched alkanes of at least 4 members (excludes halogenated alkanes) is 19. The molecular weight excluding hydrogens is 829 g/mol. The van der Waals surface area contributed by atoms with Gasteiger partial charge in [0.15, 0.2) is 6.10 Å². The Hall–Kier alpha value is -3.93. The van der Waals surface area contributed by atoms with E-state index in [1.165, 1.54) is 103 Å². The van der Waals surface area contributed by atoms with E-state index in [4.69, 9.17) is 14.2 Å². The minimum absolute atomic E-state index is 0.120. The molecule has 67 heavy (non-hydrogen) atoms. The molecule has 0 spiro atoms. The highest BCUT2D eigenvalue weighted by Gasteiger charge is 2.19. The first kappa shape index (κ1) is 63.1. The maximum absolute atomic E-state index is 12.8. The fourth-order valence-electron chi connectivity index (χ4n) is 7.06. The van der Waals surface area contributed by atoms with E-state index in [1.54, 1.807) is 0 Å². The third kappa shape index (κ3) is 52.9. The third-order valence-corrected chi connectivity index (χ3v) is 11.2. The van der Waals surface area contributed by atoms with Crippen molar-refractivity contribution in [1.82, 2.24) is 0 Å². The van der Waals surface area contributed by atoms with Crippen LogP contribution in [0.5, 0.6) is 0 Å². The second-order valence-electron chi connectivity index (χ2n) is 17.8. The molecule has 1 atom stereocenters. The van der Waals surface area contributed by atoms with E-state index < -0.39 is 6.10 Å². The summed E-state index contributed by atoms with van der Waals surface area (Å²) in [6.07, 6.45) is 73.6. The van der Waals surface area contributed by atoms with Crippen molar-refractivity contribution < 1.29 is 28.6 Å². The predicted molar refractivity (Wildman–Crippen MR) is 288 cm³/mol. The van der Waals surface area contributed by atoms with Crippen molar-refractivity contribution >= 4 is 17.9 Å². The zero-order valence-electron chi connectivity index (χ0n) is 43.4. The lowest BCUT2D eigenvalue weighted by molar-refractivity contribution is -0.167. The van der Waals surface area contributed by atoms with Crippen LogP contribution < -0.4 is 0 Å². The number of carbonyl (C=O) groups excluding carboxylic acids is 3. The Labute approximate surface area is 412 Å². The van der Waals surface area contributed by atoms with Gasteiger partial charge in [0.05, 0.1) is 0 Å². The van der Waals surface area contributed by atoms with E-state index in [0.717, 1.165) is 89.9 Å². The van der Waals surface area contributed by atoms with E-state index in [9.17, 15) is 14.4 Å². The van der Waals surface area contributed by atoms with Crippen LogP contribution >= 0.6 is 0 Å². The summed E-state index contributed by atoms with van der Waals surface area (Å²) in [4.78, 5) is 38.1. The highest BCUT2D eigenvalue weighted by molar-refractivity contribution is 5.71. The molecule has 0 aromatic carbocycles. The molecule has 0 unspecified atom stereocenters. The molecule has 0 aliphatic carbocycles. The van der Waals surface area contributed by atoms with Gasteiger partial charge in [0.1, 0.15) is 13.2 Å². The summed E-state index contributed by atoms with van der Waals surface area (Å²) in [5.41, 5.74) is 0. The number of rotatable bonds is 48. The molecule has 0 aliphatic rings. The standard InChI is InChI=1S/C61H100O6/c1-4-7-10-13-16-19-22-25-28-30-33-36-39-42-45-48-51-54-60(63)66-57-58(56-65-59(62)53-50-47-44-41-38-35-32-27-24-21-18-15-12-9-6-3)67-61(64)55-52-49-46-43-40-37-34-31-29-26-23-20-17-14-11-8-5-2/h16-21,25-29,32-33,36,38,41-42,45,58H,4-15,22-24,30-31,34-35,37,39-40,43-44,46-57H2,1-3H3/b19-16-,20-17-,21-18-,28-25-,29-26-,32-27-,36-33-,41-38-,45-42-/t58-/m1/s1. The number of allylic oxidation sites excluding steroid dienone is 18. The van der Waals surface area contributed by atoms with Crippen LogP contribution in [0.25, 0.3) is 0 Å². The van der Waals surface area contributed by atoms with Crippen molar-refractivity contribution in [2.45, 2.75) is 245 Å². The number of ether oxygens (including phenoxy) is 3. The van der Waals surface area contributed by atoms with Gasteiger partial charge in [0.2, 0.25) is 0 Å². The Balaban J connectivity index is 4.56. The molecular formula is C61H100O6. The molecule has 380 valence electrons. The molecule has 6 nitrogen and oxygen atoms in total. The molecule has 0 aromatic rings. The predicted octanol–water partition coefficient (Wildman–Crippen LogP) is 18.3. The van der Waals surface area contributed by atoms with Crippen LogP contribution in [-0.2, 0) is 28.6 Å². The monoisotopic (exact) mass is 929 g/mol. The summed E-state index contributed by atoms with van der Waals surface area (Å²) >= 11 is 0. The molecule has 0 saturated heterocycles. The van der Waals surface area contributed by atoms with Gasteiger partial charge in [-0.2, -0.15) is 0 Å². The zero-order valence-corrected chi connectivity index (χ0v) is 43.4. The van der Waals surface area contributed by atoms with E-state index in [0.29, 0.717) is 19.3 Å². The van der Waals surface area contributed by atoms with Gasteiger partial charge in [-0.15, -0.1) is 0 Å². The van der Waals surface area contributed by atoms with Gasteiger partial charge in [-0.1, -0.05) is 201 Å². The van der Waals surface area contributed by atoms with Crippen molar-refractivity contribution in [3.8, 4) is 0 Å². The summed E-state index contributed by atoms with van der Waals surface area (Å²) in [6.45, 7) is 6.46. The van der Waals surface area contributed by atoms with E-state index in [1.807, 2.05) is 0 Å². The average Bonchev–Trinajstić information content (AvgIpc) is 3.33. The highest BCUT2D eigenvalue weighted by atomic mass is 16.6. The van der Waals surface area contributed by atoms with Crippen LogP contribution in [0.2, 0.25) is 0 Å². The molecule has 0 saturated carbocycles. The smallest absolute Gasteiger partial charge is 0.306 e. The van der Waals surface area contributed by atoms with E-state index in [2.05, 4.69) is 130 Å². The van der Waals surface area contributed by atoms with Crippen LogP contribution in [0, 0.1) is 0 Å². The number of hydrogen-bond acceptors (Lipinski definition) is 6. The average molecular weight is 929 g/mol. The van der Waals surface area contributed by atoms with E-state index in [-0.39, 0.29) is 37.5 Å². The first-order chi connectivity index (χ1) is 33.0. The SMILES string of the molecule is CCCCC/C=C\C/C=C\C/C=C\C/C=C\CCCC(=O)OC[C@@H](COC(=O)CCCC/C=C\C/C=C\C/C=C\CCCCC)OC(=O)CCCCCCCCC/C=C\C/C=C\CCCCC. The summed E-state index contributed by atoms with van der Waals surface area (Å²) in [5, 5.41) is 0. The number of carbonyl (C=O) groups is 3. The summed E-state index contributed by atoms with van der Waals surface area (Å²) in [5.74, 6) is -1.02. The molecule has 0 aromatic heterocycles. The Morgan fingerprint density at radius 1 is 0.299 bits per heavy atom. The summed E-state index contributed by atoms with van der Waals surface area (Å²) in [7, 11) is 0. The largest absolute Gasteiger partial charge is 0.462 e. The molecule has 0 aliphatic heterocycles. The summed E-state index contributed by atoms with van der Waals surface area (Å²) < 4.78 is 16.7. The lowest BCUT2D eigenvalue weighted by Gasteiger charge is -2.18. The van der Waals surface area contributed by atoms with E-state index >= 15 is 0 Å². The lowest BCUT2D eigenvalue weighted by atomic mass is 10.1. The molecule has 0 fully saturated rings. The normalized spacial score (nSPS) is 12.9. The quantitative estimate of drug-likeness (QED) is 0.0262. The first-order valence-electron chi connectivity index (χ1n) is 27.4. The topological polar surface area (TPSA) is 78.9 Å². The maximum atomic E-state index is 12.8. The van der Waals surface area contributed by atoms with Crippen LogP contribution in [0.15, 0.2) is 109 Å². The Morgan fingerprint density at radius 3 is 0.925 bits per heavy atom. The number of hydrogen-bond donors (Lipinski definition) is 0. The van der Waals surface area contributed by atoms with Crippen LogP contribution in [0.3, 0.4) is 0 Å². The van der Waals surface area contributed by atoms with Gasteiger partial charge < -0.3 is 14.2 Å². The molecule has 6 heteroatoms. The minimum Gasteiger partial charge on any atom is -0.462 e. The van der Waals surface area contributed by atoms with Gasteiger partial charge in [0, 0.05) is 19.3 Å². The molecule has 0 rings (SSSR count). The second-order valence-corrected chi connectivity index (χ2v) is 17.8. The van der Waals surface area contributed by atoms with Crippen molar-refractivity contribution in [2.24, 2.45) is 0 Å². The highest BCUT2D eigenvalue weighted by Crippen LogP contribution is 2.13. The Bertz CT molecular complexity index is 1390. The molecule has 0 heterocycles. The van der Waals surface area contributed by atoms with Crippen molar-refractivity contribution in [2.75, 3.05) is 13.2 Å². The van der Waals surface area contributed by atoms with Crippen molar-refractivity contribution in [3.05, 3.63) is 109 Å². The first-order valence-corrected chi connectivity index (χ1v) is 27.4. The fourth-order valence-corrected chi connectivity index (χ4v) is 7.06. The van der Waals surface area contributed by atoms with Crippen LogP contribution in [0.4, 0.5) is 0 Å². The lowest BCUT2D eigenvalue weighted by Crippen LogP contribution is -2.30. The van der Waals surface area contributed by atoms with Gasteiger partial charge in [-0.05, 0) is 128 Å². The van der Waals surface area contributed by atoms with Gasteiger partial charge in [0.25, 0.3) is 0 Å². The van der Waals surface area contributed by atoms with Crippen molar-refractivity contribution in [3.63, 3.8) is 0 Å². The molecule has 0 bridgehead atoms. The van der Waals surface area contributed by atoms with Crippen LogP contribution in [-0.4, -0.2) is 37.2 Å². The molecule has 0 N–H and O–H groups in total. The number of esters is 3. The van der Waals surface area contributed by atoms with Gasteiger partial charge in [-0.3, -0.25) is 14.4 Å². The van der Waals surface area contributed by atoms with Gasteiger partial charge in [-0.25, -0.2) is 0 Å². The fraction of sp³-hybridized carbons (Fsp3) is 0.656. The minimum atomic E-state index is -0.822. The molecule has 0 radical (unpaired) electrons. The van der Waals surface area contributed by atoms with Crippen molar-refractivity contribution in [1.29, 1.82) is 0 Å². The Morgan fingerprint density at radius 2 is 0.552 bits per heavy atom. The second kappa shape index (κ2) is 54.7. The maximum Gasteiger partial charge on any atom is 0.306 e. The zero-order chi connectivity index (χ0) is 48.6. The van der Waals surface area contributed by atoms with Gasteiger partial charge >= 0.3 is 17.9 Å². The molecule has 0 amide bonds. The third-order valence-electron chi connectivity index (χ3n) is 11.2. The van der Waals surface area contributed by atoms with Crippen LogP contribution in [0.1, 0.15) is 239 Å².